The molecule has 4 nitrogen and oxygen atoms in total. The summed E-state index contributed by atoms with van der Waals surface area (Å²) < 4.78 is 6.10. The zero-order chi connectivity index (χ0) is 19.5. The summed E-state index contributed by atoms with van der Waals surface area (Å²) in [5, 5.41) is 0. The van der Waals surface area contributed by atoms with Gasteiger partial charge in [-0.15, -0.1) is 0 Å². The van der Waals surface area contributed by atoms with Crippen LogP contribution in [0.3, 0.4) is 0 Å². The topological polar surface area (TPSA) is 32.8 Å². The Morgan fingerprint density at radius 2 is 1.89 bits per heavy atom. The van der Waals surface area contributed by atoms with Crippen molar-refractivity contribution >= 4 is 21.8 Å². The standard InChI is InChI=1S/C23H27BrN2O2/c1-28-16-19-8-5-9-21(22(19)24)23(27)26-13-12-25-14-18(10-11-20(25)15-26)17-6-3-2-4-7-17/h2-9,18,20H,10-16H2,1H3/t18-,20+/m0/s1. The molecule has 148 valence electrons. The summed E-state index contributed by atoms with van der Waals surface area (Å²) in [5.41, 5.74) is 3.19. The molecule has 0 aromatic heterocycles. The minimum absolute atomic E-state index is 0.120. The number of amides is 1. The van der Waals surface area contributed by atoms with E-state index in [0.29, 0.717) is 18.6 Å². The highest BCUT2D eigenvalue weighted by atomic mass is 79.9. The van der Waals surface area contributed by atoms with Crippen molar-refractivity contribution in [3.63, 3.8) is 0 Å². The average Bonchev–Trinajstić information content (AvgIpc) is 2.75. The van der Waals surface area contributed by atoms with Crippen molar-refractivity contribution in [3.05, 3.63) is 69.7 Å². The maximum absolute atomic E-state index is 13.2. The van der Waals surface area contributed by atoms with E-state index in [1.807, 2.05) is 23.1 Å². The molecule has 2 aromatic carbocycles. The molecule has 2 aromatic rings. The number of piperidine rings is 1. The second-order valence-electron chi connectivity index (χ2n) is 7.80. The highest BCUT2D eigenvalue weighted by Gasteiger charge is 2.35. The molecule has 0 aliphatic carbocycles. The van der Waals surface area contributed by atoms with Crippen LogP contribution in [0.4, 0.5) is 0 Å². The molecule has 2 heterocycles. The second kappa shape index (κ2) is 8.76. The number of ether oxygens (including phenoxy) is 1. The zero-order valence-electron chi connectivity index (χ0n) is 16.3. The largest absolute Gasteiger partial charge is 0.380 e. The first-order valence-corrected chi connectivity index (χ1v) is 10.8. The first-order chi connectivity index (χ1) is 13.7. The van der Waals surface area contributed by atoms with E-state index in [1.54, 1.807) is 7.11 Å². The van der Waals surface area contributed by atoms with Crippen molar-refractivity contribution in [2.75, 3.05) is 33.3 Å². The first-order valence-electron chi connectivity index (χ1n) is 10.0. The van der Waals surface area contributed by atoms with Gasteiger partial charge >= 0.3 is 0 Å². The van der Waals surface area contributed by atoms with Crippen LogP contribution in [0.1, 0.15) is 40.2 Å². The van der Waals surface area contributed by atoms with E-state index in [-0.39, 0.29) is 5.91 Å². The number of piperazine rings is 1. The number of nitrogens with zero attached hydrogens (tertiary/aromatic N) is 2. The molecule has 0 radical (unpaired) electrons. The monoisotopic (exact) mass is 442 g/mol. The summed E-state index contributed by atoms with van der Waals surface area (Å²) in [7, 11) is 1.67. The van der Waals surface area contributed by atoms with Gasteiger partial charge in [-0.2, -0.15) is 0 Å². The number of carbonyl (C=O) groups excluding carboxylic acids is 1. The predicted octanol–water partition coefficient (Wildman–Crippen LogP) is 4.30. The molecule has 2 aliphatic heterocycles. The van der Waals surface area contributed by atoms with Gasteiger partial charge in [-0.1, -0.05) is 42.5 Å². The Hall–Kier alpha value is -1.69. The fourth-order valence-electron chi connectivity index (χ4n) is 4.54. The molecule has 0 bridgehead atoms. The lowest BCUT2D eigenvalue weighted by Gasteiger charge is -2.46. The molecule has 4 rings (SSSR count). The Balaban J connectivity index is 1.42. The minimum atomic E-state index is 0.120. The van der Waals surface area contributed by atoms with Gasteiger partial charge in [0.05, 0.1) is 12.2 Å². The number of rotatable bonds is 4. The Morgan fingerprint density at radius 3 is 2.68 bits per heavy atom. The molecule has 0 spiro atoms. The number of carbonyl (C=O) groups is 1. The van der Waals surface area contributed by atoms with Crippen LogP contribution in [0.25, 0.3) is 0 Å². The number of hydrogen-bond donors (Lipinski definition) is 0. The van der Waals surface area contributed by atoms with Crippen LogP contribution >= 0.6 is 15.9 Å². The Labute approximate surface area is 175 Å². The molecular weight excluding hydrogens is 416 g/mol. The van der Waals surface area contributed by atoms with Crippen molar-refractivity contribution < 1.29 is 9.53 Å². The number of hydrogen-bond acceptors (Lipinski definition) is 3. The summed E-state index contributed by atoms with van der Waals surface area (Å²) >= 11 is 3.61. The Bertz CT molecular complexity index is 827. The molecule has 0 unspecified atom stereocenters. The third-order valence-electron chi connectivity index (χ3n) is 6.08. The van der Waals surface area contributed by atoms with Crippen molar-refractivity contribution in [3.8, 4) is 0 Å². The van der Waals surface area contributed by atoms with Crippen molar-refractivity contribution in [2.24, 2.45) is 0 Å². The average molecular weight is 443 g/mol. The summed E-state index contributed by atoms with van der Waals surface area (Å²) in [6.45, 7) is 4.16. The number of fused-ring (bicyclic) bond motifs is 1. The smallest absolute Gasteiger partial charge is 0.255 e. The van der Waals surface area contributed by atoms with E-state index in [0.717, 1.165) is 48.2 Å². The van der Waals surface area contributed by atoms with Crippen molar-refractivity contribution in [1.29, 1.82) is 0 Å². The Kier molecular flexibility index (Phi) is 6.14. The highest BCUT2D eigenvalue weighted by molar-refractivity contribution is 9.10. The molecule has 1 amide bonds. The molecule has 0 saturated carbocycles. The normalized spacial score (nSPS) is 22.7. The third-order valence-corrected chi connectivity index (χ3v) is 7.01. The van der Waals surface area contributed by atoms with E-state index in [9.17, 15) is 4.79 Å². The van der Waals surface area contributed by atoms with Gasteiger partial charge in [-0.25, -0.2) is 0 Å². The van der Waals surface area contributed by atoms with Crippen LogP contribution in [-0.2, 0) is 11.3 Å². The molecule has 0 N–H and O–H groups in total. The zero-order valence-corrected chi connectivity index (χ0v) is 17.9. The fraction of sp³-hybridized carbons (Fsp3) is 0.435. The second-order valence-corrected chi connectivity index (χ2v) is 8.59. The molecular formula is C23H27BrN2O2. The minimum Gasteiger partial charge on any atom is -0.380 e. The van der Waals surface area contributed by atoms with Crippen LogP contribution in [-0.4, -0.2) is 55.0 Å². The highest BCUT2D eigenvalue weighted by Crippen LogP contribution is 2.32. The summed E-state index contributed by atoms with van der Waals surface area (Å²) in [6, 6.07) is 17.1. The van der Waals surface area contributed by atoms with E-state index < -0.39 is 0 Å². The van der Waals surface area contributed by atoms with Gasteiger partial charge in [0.25, 0.3) is 5.91 Å². The van der Waals surface area contributed by atoms with Gasteiger partial charge in [-0.3, -0.25) is 9.69 Å². The van der Waals surface area contributed by atoms with Gasteiger partial charge < -0.3 is 9.64 Å². The van der Waals surface area contributed by atoms with Crippen LogP contribution < -0.4 is 0 Å². The van der Waals surface area contributed by atoms with Gasteiger partial charge in [0.2, 0.25) is 0 Å². The van der Waals surface area contributed by atoms with Crippen LogP contribution in [0.15, 0.2) is 53.0 Å². The number of methoxy groups -OCH3 is 1. The quantitative estimate of drug-likeness (QED) is 0.707. The lowest BCUT2D eigenvalue weighted by molar-refractivity contribution is 0.0328. The van der Waals surface area contributed by atoms with E-state index in [2.05, 4.69) is 51.2 Å². The van der Waals surface area contributed by atoms with E-state index >= 15 is 0 Å². The van der Waals surface area contributed by atoms with Crippen molar-refractivity contribution in [2.45, 2.75) is 31.4 Å². The fourth-order valence-corrected chi connectivity index (χ4v) is 5.09. The third kappa shape index (κ3) is 4.02. The van der Waals surface area contributed by atoms with Gasteiger partial charge in [0.1, 0.15) is 0 Å². The van der Waals surface area contributed by atoms with Gasteiger partial charge in [0.15, 0.2) is 0 Å². The summed E-state index contributed by atoms with van der Waals surface area (Å²) in [5.74, 6) is 0.731. The van der Waals surface area contributed by atoms with Crippen LogP contribution in [0.2, 0.25) is 0 Å². The molecule has 2 aliphatic rings. The van der Waals surface area contributed by atoms with Gasteiger partial charge in [-0.05, 0) is 51.9 Å². The number of halogens is 1. The van der Waals surface area contributed by atoms with E-state index in [4.69, 9.17) is 4.74 Å². The first kappa shape index (κ1) is 19.6. The maximum Gasteiger partial charge on any atom is 0.255 e. The maximum atomic E-state index is 13.2. The van der Waals surface area contributed by atoms with Gasteiger partial charge in [0, 0.05) is 43.8 Å². The predicted molar refractivity (Wildman–Crippen MR) is 115 cm³/mol. The van der Waals surface area contributed by atoms with Crippen LogP contribution in [0.5, 0.6) is 0 Å². The summed E-state index contributed by atoms with van der Waals surface area (Å²) in [4.78, 5) is 17.8. The number of benzene rings is 2. The summed E-state index contributed by atoms with van der Waals surface area (Å²) in [6.07, 6.45) is 2.34. The van der Waals surface area contributed by atoms with E-state index in [1.165, 1.54) is 12.0 Å². The molecule has 2 saturated heterocycles. The van der Waals surface area contributed by atoms with Crippen molar-refractivity contribution in [1.82, 2.24) is 9.80 Å². The molecule has 5 heteroatoms. The van der Waals surface area contributed by atoms with Crippen LogP contribution in [0, 0.1) is 0 Å². The molecule has 2 atom stereocenters. The lowest BCUT2D eigenvalue weighted by atomic mass is 9.86. The molecule has 2 fully saturated rings. The lowest BCUT2D eigenvalue weighted by Crippen LogP contribution is -2.57. The SMILES string of the molecule is COCc1cccc(C(=O)N2CCN3C[C@@H](c4ccccc4)CC[C@@H]3C2)c1Br. The molecule has 28 heavy (non-hydrogen) atoms. The Morgan fingerprint density at radius 1 is 1.07 bits per heavy atom.